The molecule has 0 saturated carbocycles. The predicted molar refractivity (Wildman–Crippen MR) is 68.4 cm³/mol. The Kier molecular flexibility index (Phi) is 9.42. The van der Waals surface area contributed by atoms with Crippen molar-refractivity contribution in [2.24, 2.45) is 11.5 Å². The first-order valence-corrected chi connectivity index (χ1v) is 4.55. The fourth-order valence-corrected chi connectivity index (χ4v) is 1.21. The Labute approximate surface area is 103 Å². The first-order valence-electron chi connectivity index (χ1n) is 4.55. The van der Waals surface area contributed by atoms with Gasteiger partial charge in [-0.2, -0.15) is 0 Å². The Morgan fingerprint density at radius 2 is 1.12 bits per heavy atom. The molecule has 16 heavy (non-hydrogen) atoms. The molecule has 0 heterocycles. The van der Waals surface area contributed by atoms with Crippen LogP contribution in [0.5, 0.6) is 0 Å². The van der Waals surface area contributed by atoms with Crippen LogP contribution >= 0.6 is 12.4 Å². The average Bonchev–Trinajstić information content (AvgIpc) is 2.27. The summed E-state index contributed by atoms with van der Waals surface area (Å²) in [7, 11) is 0. The second-order valence-corrected chi connectivity index (χ2v) is 3.17. The molecule has 1 aromatic rings. The second kappa shape index (κ2) is 8.50. The monoisotopic (exact) mass is 248 g/mol. The van der Waals surface area contributed by atoms with Crippen LogP contribution < -0.4 is 11.5 Å². The van der Waals surface area contributed by atoms with E-state index in [1.54, 1.807) is 24.3 Å². The highest BCUT2D eigenvalue weighted by Crippen LogP contribution is 2.16. The highest BCUT2D eigenvalue weighted by atomic mass is 35.5. The van der Waals surface area contributed by atoms with Crippen LogP contribution in [0.2, 0.25) is 0 Å². The summed E-state index contributed by atoms with van der Waals surface area (Å²) in [6.07, 6.45) is -1.28. The van der Waals surface area contributed by atoms with Crippen LogP contribution in [0.4, 0.5) is 0 Å². The first kappa shape index (κ1) is 17.7. The van der Waals surface area contributed by atoms with Gasteiger partial charge in [0.25, 0.3) is 0 Å². The van der Waals surface area contributed by atoms with Gasteiger partial charge >= 0.3 is 0 Å². The van der Waals surface area contributed by atoms with Crippen molar-refractivity contribution in [2.45, 2.75) is 19.6 Å². The molecule has 6 N–H and O–H groups in total. The Morgan fingerprint density at radius 1 is 0.875 bits per heavy atom. The molecule has 0 aliphatic rings. The van der Waals surface area contributed by atoms with Crippen LogP contribution in [0.25, 0.3) is 0 Å². The molecule has 2 unspecified atom stereocenters. The van der Waals surface area contributed by atoms with Gasteiger partial charge in [0.1, 0.15) is 0 Å². The Morgan fingerprint density at radius 3 is 1.31 bits per heavy atom. The fourth-order valence-electron chi connectivity index (χ4n) is 1.21. The lowest BCUT2D eigenvalue weighted by Crippen LogP contribution is -2.13. The number of hydrogen-bond acceptors (Lipinski definition) is 4. The van der Waals surface area contributed by atoms with Crippen LogP contribution in [0.15, 0.2) is 24.3 Å². The number of rotatable bonds is 4. The molecule has 0 spiro atoms. The summed E-state index contributed by atoms with van der Waals surface area (Å²) >= 11 is 0. The summed E-state index contributed by atoms with van der Waals surface area (Å²) < 4.78 is 0. The van der Waals surface area contributed by atoms with E-state index in [9.17, 15) is 10.2 Å². The molecule has 5 heteroatoms. The van der Waals surface area contributed by atoms with E-state index in [1.807, 2.05) is 0 Å². The van der Waals surface area contributed by atoms with Crippen LogP contribution in [-0.2, 0) is 0 Å². The van der Waals surface area contributed by atoms with Crippen LogP contribution in [0.1, 0.15) is 30.8 Å². The largest absolute Gasteiger partial charge is 0.387 e. The van der Waals surface area contributed by atoms with Gasteiger partial charge in [-0.15, -0.1) is 12.4 Å². The van der Waals surface area contributed by atoms with E-state index in [-0.39, 0.29) is 32.9 Å². The van der Waals surface area contributed by atoms with E-state index >= 15 is 0 Å². The second-order valence-electron chi connectivity index (χ2n) is 3.17. The molecular formula is C11H21ClN2O2. The number of aliphatic hydroxyl groups excluding tert-OH is 2. The summed E-state index contributed by atoms with van der Waals surface area (Å²) in [6, 6.07) is 6.97. The van der Waals surface area contributed by atoms with Gasteiger partial charge in [0.15, 0.2) is 0 Å². The quantitative estimate of drug-likeness (QED) is 0.632. The van der Waals surface area contributed by atoms with Gasteiger partial charge in [0, 0.05) is 13.1 Å². The molecule has 0 fully saturated rings. The summed E-state index contributed by atoms with van der Waals surface area (Å²) in [6.45, 7) is 0.386. The Hall–Kier alpha value is -0.650. The van der Waals surface area contributed by atoms with Gasteiger partial charge in [0.2, 0.25) is 0 Å². The maximum atomic E-state index is 9.40. The topological polar surface area (TPSA) is 92.5 Å². The molecule has 4 nitrogen and oxygen atoms in total. The van der Waals surface area contributed by atoms with Crippen LogP contribution in [0, 0.1) is 0 Å². The number of hydrogen-bond donors (Lipinski definition) is 4. The number of halogens is 1. The molecule has 2 atom stereocenters. The van der Waals surface area contributed by atoms with Crippen molar-refractivity contribution in [3.63, 3.8) is 0 Å². The van der Waals surface area contributed by atoms with Gasteiger partial charge in [-0.25, -0.2) is 0 Å². The van der Waals surface area contributed by atoms with Gasteiger partial charge < -0.3 is 21.7 Å². The zero-order valence-electron chi connectivity index (χ0n) is 8.34. The van der Waals surface area contributed by atoms with Crippen molar-refractivity contribution in [3.8, 4) is 0 Å². The molecular weight excluding hydrogens is 228 g/mol. The lowest BCUT2D eigenvalue weighted by Gasteiger charge is -2.11. The molecule has 0 aliphatic carbocycles. The SMILES string of the molecule is C.Cl.NCC(O)c1ccc(C(O)CN)cc1. The lowest BCUT2D eigenvalue weighted by molar-refractivity contribution is 0.183. The molecule has 1 aromatic carbocycles. The number of aliphatic hydroxyl groups is 2. The molecule has 0 amide bonds. The van der Waals surface area contributed by atoms with E-state index in [0.29, 0.717) is 0 Å². The summed E-state index contributed by atoms with van der Waals surface area (Å²) in [5.74, 6) is 0. The van der Waals surface area contributed by atoms with Crippen LogP contribution in [0.3, 0.4) is 0 Å². The van der Waals surface area contributed by atoms with Crippen molar-refractivity contribution in [1.82, 2.24) is 0 Å². The number of nitrogens with two attached hydrogens (primary N) is 2. The minimum Gasteiger partial charge on any atom is -0.387 e. The van der Waals surface area contributed by atoms with Crippen molar-refractivity contribution < 1.29 is 10.2 Å². The molecule has 0 radical (unpaired) electrons. The predicted octanol–water partition coefficient (Wildman–Crippen LogP) is 0.729. The zero-order valence-corrected chi connectivity index (χ0v) is 9.15. The average molecular weight is 249 g/mol. The molecule has 0 aromatic heterocycles. The molecule has 0 saturated heterocycles. The Bertz CT molecular complexity index is 251. The van der Waals surface area contributed by atoms with E-state index < -0.39 is 12.2 Å². The minimum atomic E-state index is -0.640. The third-order valence-corrected chi connectivity index (χ3v) is 2.15. The van der Waals surface area contributed by atoms with Gasteiger partial charge in [0.05, 0.1) is 12.2 Å². The summed E-state index contributed by atoms with van der Waals surface area (Å²) in [5.41, 5.74) is 12.1. The maximum Gasteiger partial charge on any atom is 0.0912 e. The van der Waals surface area contributed by atoms with Crippen molar-refractivity contribution in [2.75, 3.05) is 13.1 Å². The van der Waals surface area contributed by atoms with Crippen LogP contribution in [-0.4, -0.2) is 23.3 Å². The molecule has 0 bridgehead atoms. The standard InChI is InChI=1S/C10H16N2O2.CH4.ClH/c11-5-9(13)7-1-2-8(4-3-7)10(14)6-12;;/h1-4,9-10,13-14H,5-6,11-12H2;1H4;1H. The molecule has 94 valence electrons. The van der Waals surface area contributed by atoms with Crippen molar-refractivity contribution in [3.05, 3.63) is 35.4 Å². The van der Waals surface area contributed by atoms with Gasteiger partial charge in [-0.1, -0.05) is 31.7 Å². The third-order valence-electron chi connectivity index (χ3n) is 2.15. The van der Waals surface area contributed by atoms with Crippen molar-refractivity contribution >= 4 is 12.4 Å². The third kappa shape index (κ3) is 4.47. The van der Waals surface area contributed by atoms with E-state index in [4.69, 9.17) is 11.5 Å². The molecule has 1 rings (SSSR count). The summed E-state index contributed by atoms with van der Waals surface area (Å²) in [5, 5.41) is 18.8. The highest BCUT2D eigenvalue weighted by molar-refractivity contribution is 5.85. The normalized spacial score (nSPS) is 13.2. The van der Waals surface area contributed by atoms with E-state index in [0.717, 1.165) is 11.1 Å². The maximum absolute atomic E-state index is 9.40. The highest BCUT2D eigenvalue weighted by Gasteiger charge is 2.07. The van der Waals surface area contributed by atoms with Gasteiger partial charge in [-0.05, 0) is 11.1 Å². The van der Waals surface area contributed by atoms with E-state index in [1.165, 1.54) is 0 Å². The fraction of sp³-hybridized carbons (Fsp3) is 0.455. The lowest BCUT2D eigenvalue weighted by atomic mass is 10.0. The van der Waals surface area contributed by atoms with Gasteiger partial charge in [-0.3, -0.25) is 0 Å². The molecule has 0 aliphatic heterocycles. The first-order chi connectivity index (χ1) is 6.69. The number of benzene rings is 1. The zero-order chi connectivity index (χ0) is 10.6. The minimum absolute atomic E-state index is 0. The van der Waals surface area contributed by atoms with E-state index in [2.05, 4.69) is 0 Å². The smallest absolute Gasteiger partial charge is 0.0912 e. The van der Waals surface area contributed by atoms with Crippen molar-refractivity contribution in [1.29, 1.82) is 0 Å². The Balaban J connectivity index is 0. The summed E-state index contributed by atoms with van der Waals surface area (Å²) in [4.78, 5) is 0.